The molecular formula is C22H34O7. The molecule has 164 valence electrons. The zero-order chi connectivity index (χ0) is 21.1. The lowest BCUT2D eigenvalue weighted by molar-refractivity contribution is -0.171. The molecule has 0 radical (unpaired) electrons. The van der Waals surface area contributed by atoms with Crippen LogP contribution in [0, 0.1) is 17.8 Å². The monoisotopic (exact) mass is 410 g/mol. The maximum absolute atomic E-state index is 11.9. The molecule has 2 fully saturated rings. The number of hydrogen-bond donors (Lipinski definition) is 0. The minimum atomic E-state index is -0.330. The van der Waals surface area contributed by atoms with Crippen molar-refractivity contribution >= 4 is 18.2 Å². The molecule has 1 aliphatic carbocycles. The Morgan fingerprint density at radius 1 is 1.21 bits per heavy atom. The lowest BCUT2D eigenvalue weighted by Gasteiger charge is -2.25. The second-order valence-corrected chi connectivity index (χ2v) is 7.83. The molecule has 29 heavy (non-hydrogen) atoms. The third-order valence-electron chi connectivity index (χ3n) is 5.71. The molecule has 1 aliphatic heterocycles. The van der Waals surface area contributed by atoms with Crippen molar-refractivity contribution in [3.05, 3.63) is 12.2 Å². The molecule has 0 aromatic heterocycles. The number of aldehydes is 1. The summed E-state index contributed by atoms with van der Waals surface area (Å²) in [4.78, 5) is 34.5. The van der Waals surface area contributed by atoms with Crippen molar-refractivity contribution in [1.29, 1.82) is 0 Å². The lowest BCUT2D eigenvalue weighted by Crippen LogP contribution is -2.28. The maximum atomic E-state index is 11.9. The molecular weight excluding hydrogens is 376 g/mol. The minimum absolute atomic E-state index is 0.0140. The van der Waals surface area contributed by atoms with E-state index in [1.807, 2.05) is 12.2 Å². The molecule has 1 heterocycles. The van der Waals surface area contributed by atoms with E-state index in [-0.39, 0.29) is 42.1 Å². The summed E-state index contributed by atoms with van der Waals surface area (Å²) in [6, 6.07) is 0. The number of carbonyl (C=O) groups is 3. The largest absolute Gasteiger partial charge is 0.469 e. The van der Waals surface area contributed by atoms with Crippen LogP contribution in [0.5, 0.6) is 0 Å². The van der Waals surface area contributed by atoms with Gasteiger partial charge in [0.05, 0.1) is 13.7 Å². The Labute approximate surface area is 173 Å². The van der Waals surface area contributed by atoms with Crippen LogP contribution < -0.4 is 0 Å². The van der Waals surface area contributed by atoms with Crippen molar-refractivity contribution in [3.8, 4) is 0 Å². The maximum Gasteiger partial charge on any atom is 0.305 e. The fourth-order valence-electron chi connectivity index (χ4n) is 4.19. The Kier molecular flexibility index (Phi) is 10.4. The van der Waals surface area contributed by atoms with Gasteiger partial charge in [0.1, 0.15) is 12.4 Å². The molecule has 4 unspecified atom stereocenters. The SMILES string of the molecule is COC(=O)CCC/C=C\CC1C(OC(C)=O)CC(COC2CCCCO2)[C@@H]1C=O. The van der Waals surface area contributed by atoms with Crippen LogP contribution >= 0.6 is 0 Å². The van der Waals surface area contributed by atoms with Gasteiger partial charge >= 0.3 is 11.9 Å². The number of ether oxygens (including phenoxy) is 4. The van der Waals surface area contributed by atoms with Crippen LogP contribution in [0.1, 0.15) is 58.3 Å². The standard InChI is InChI=1S/C22H34O7/c1-16(24)29-20-13-17(15-28-22-11-7-8-12-27-22)19(14-23)18(20)9-5-3-4-6-10-21(25)26-2/h3,5,14,17-20,22H,4,6-13,15H2,1-2H3/b5-3-/t17?,18?,19-,20?,22?/m0/s1. The van der Waals surface area contributed by atoms with Gasteiger partial charge in [-0.1, -0.05) is 12.2 Å². The molecule has 0 spiro atoms. The first-order valence-electron chi connectivity index (χ1n) is 10.6. The Balaban J connectivity index is 1.88. The van der Waals surface area contributed by atoms with Gasteiger partial charge in [-0.2, -0.15) is 0 Å². The molecule has 0 aromatic carbocycles. The fourth-order valence-corrected chi connectivity index (χ4v) is 4.19. The summed E-state index contributed by atoms with van der Waals surface area (Å²) >= 11 is 0. The summed E-state index contributed by atoms with van der Waals surface area (Å²) in [5.41, 5.74) is 0. The van der Waals surface area contributed by atoms with Crippen molar-refractivity contribution in [1.82, 2.24) is 0 Å². The Hall–Kier alpha value is -1.73. The fraction of sp³-hybridized carbons (Fsp3) is 0.773. The highest BCUT2D eigenvalue weighted by Crippen LogP contribution is 2.41. The van der Waals surface area contributed by atoms with E-state index in [1.165, 1.54) is 14.0 Å². The van der Waals surface area contributed by atoms with Gasteiger partial charge in [-0.15, -0.1) is 0 Å². The number of allylic oxidation sites excluding steroid dienone is 2. The van der Waals surface area contributed by atoms with E-state index in [1.54, 1.807) is 0 Å². The molecule has 1 saturated carbocycles. The van der Waals surface area contributed by atoms with Crippen molar-refractivity contribution in [3.63, 3.8) is 0 Å². The number of unbranched alkanes of at least 4 members (excludes halogenated alkanes) is 1. The van der Waals surface area contributed by atoms with Crippen molar-refractivity contribution < 1.29 is 33.3 Å². The van der Waals surface area contributed by atoms with Crippen molar-refractivity contribution in [2.45, 2.75) is 70.7 Å². The van der Waals surface area contributed by atoms with Gasteiger partial charge in [-0.3, -0.25) is 9.59 Å². The van der Waals surface area contributed by atoms with Gasteiger partial charge in [0.15, 0.2) is 6.29 Å². The Morgan fingerprint density at radius 2 is 2.03 bits per heavy atom. The summed E-state index contributed by atoms with van der Waals surface area (Å²) < 4.78 is 21.7. The zero-order valence-electron chi connectivity index (χ0n) is 17.5. The van der Waals surface area contributed by atoms with E-state index >= 15 is 0 Å². The van der Waals surface area contributed by atoms with Crippen LogP contribution in [0.15, 0.2) is 12.2 Å². The van der Waals surface area contributed by atoms with Crippen LogP contribution in [0.3, 0.4) is 0 Å². The van der Waals surface area contributed by atoms with E-state index in [0.29, 0.717) is 32.5 Å². The van der Waals surface area contributed by atoms with Gasteiger partial charge in [-0.05, 0) is 50.9 Å². The van der Waals surface area contributed by atoms with Gasteiger partial charge in [-0.25, -0.2) is 0 Å². The van der Waals surface area contributed by atoms with Crippen LogP contribution in [0.25, 0.3) is 0 Å². The quantitative estimate of drug-likeness (QED) is 0.224. The second-order valence-electron chi connectivity index (χ2n) is 7.83. The first-order valence-corrected chi connectivity index (χ1v) is 10.6. The predicted octanol–water partition coefficient (Wildman–Crippen LogP) is 3.20. The van der Waals surface area contributed by atoms with E-state index in [4.69, 9.17) is 14.2 Å². The van der Waals surface area contributed by atoms with Crippen molar-refractivity contribution in [2.24, 2.45) is 17.8 Å². The highest BCUT2D eigenvalue weighted by atomic mass is 16.7. The molecule has 2 rings (SSSR count). The molecule has 2 aliphatic rings. The number of carbonyl (C=O) groups excluding carboxylic acids is 3. The van der Waals surface area contributed by atoms with Crippen LogP contribution in [-0.4, -0.2) is 50.9 Å². The average molecular weight is 411 g/mol. The number of hydrogen-bond acceptors (Lipinski definition) is 7. The first kappa shape index (κ1) is 23.5. The Bertz CT molecular complexity index is 553. The molecule has 1 saturated heterocycles. The Morgan fingerprint density at radius 3 is 2.69 bits per heavy atom. The normalized spacial score (nSPS) is 29.7. The molecule has 0 N–H and O–H groups in total. The van der Waals surface area contributed by atoms with Crippen LogP contribution in [-0.2, 0) is 33.3 Å². The molecule has 7 heteroatoms. The number of methoxy groups -OCH3 is 1. The average Bonchev–Trinajstić information content (AvgIpc) is 3.05. The predicted molar refractivity (Wildman–Crippen MR) is 106 cm³/mol. The van der Waals surface area contributed by atoms with E-state index in [2.05, 4.69) is 4.74 Å². The van der Waals surface area contributed by atoms with Gasteiger partial charge < -0.3 is 23.7 Å². The highest BCUT2D eigenvalue weighted by Gasteiger charge is 2.44. The molecule has 7 nitrogen and oxygen atoms in total. The van der Waals surface area contributed by atoms with Crippen LogP contribution in [0.4, 0.5) is 0 Å². The van der Waals surface area contributed by atoms with E-state index in [9.17, 15) is 14.4 Å². The topological polar surface area (TPSA) is 88.1 Å². The summed E-state index contributed by atoms with van der Waals surface area (Å²) in [5.74, 6) is -0.810. The van der Waals surface area contributed by atoms with E-state index < -0.39 is 0 Å². The summed E-state index contributed by atoms with van der Waals surface area (Å²) in [7, 11) is 1.38. The zero-order valence-corrected chi connectivity index (χ0v) is 17.5. The molecule has 0 amide bonds. The number of rotatable bonds is 11. The first-order chi connectivity index (χ1) is 14.0. The van der Waals surface area contributed by atoms with E-state index in [0.717, 1.165) is 38.4 Å². The molecule has 0 aromatic rings. The second kappa shape index (κ2) is 12.8. The summed E-state index contributed by atoms with van der Waals surface area (Å²) in [5, 5.41) is 0. The lowest BCUT2D eigenvalue weighted by atomic mass is 9.88. The van der Waals surface area contributed by atoms with Gasteiger partial charge in [0, 0.05) is 31.8 Å². The molecule has 0 bridgehead atoms. The van der Waals surface area contributed by atoms with Crippen molar-refractivity contribution in [2.75, 3.05) is 20.3 Å². The summed E-state index contributed by atoms with van der Waals surface area (Å²) in [6.07, 6.45) is 10.7. The van der Waals surface area contributed by atoms with Gasteiger partial charge in [0.2, 0.25) is 0 Å². The smallest absolute Gasteiger partial charge is 0.305 e. The number of esters is 2. The third-order valence-corrected chi connectivity index (χ3v) is 5.71. The molecule has 5 atom stereocenters. The minimum Gasteiger partial charge on any atom is -0.469 e. The van der Waals surface area contributed by atoms with Crippen LogP contribution in [0.2, 0.25) is 0 Å². The highest BCUT2D eigenvalue weighted by molar-refractivity contribution is 5.69. The van der Waals surface area contributed by atoms with Gasteiger partial charge in [0.25, 0.3) is 0 Å². The summed E-state index contributed by atoms with van der Waals surface area (Å²) in [6.45, 7) is 2.55. The third kappa shape index (κ3) is 7.90.